The first-order valence-corrected chi connectivity index (χ1v) is 20.8. The summed E-state index contributed by atoms with van der Waals surface area (Å²) in [6.07, 6.45) is 0. The highest BCUT2D eigenvalue weighted by Gasteiger charge is 2.23. The molecule has 0 aliphatic rings. The molecule has 0 bridgehead atoms. The van der Waals surface area contributed by atoms with Crippen LogP contribution in [0.25, 0.3) is 127 Å². The molecule has 4 nitrogen and oxygen atoms in total. The predicted octanol–water partition coefficient (Wildman–Crippen LogP) is 14.8. The van der Waals surface area contributed by atoms with E-state index >= 15 is 0 Å². The SMILES string of the molecule is c1ccc(-c2ccc3cc4c5c(c3c2)c2ccccc2c2cccc(c25)n4-c2cccc(-c3nc(-c4ccc5ccccc5c4)nc(-c4ccc5ccccc5c4)n3)c2)cc1. The van der Waals surface area contributed by atoms with Gasteiger partial charge in [0.05, 0.1) is 11.0 Å². The van der Waals surface area contributed by atoms with Crippen LogP contribution in [0.15, 0.2) is 206 Å². The van der Waals surface area contributed by atoms with E-state index in [0.29, 0.717) is 17.5 Å². The van der Waals surface area contributed by atoms with E-state index in [1.807, 2.05) is 0 Å². The first-order chi connectivity index (χ1) is 30.2. The van der Waals surface area contributed by atoms with Crippen molar-refractivity contribution in [1.29, 1.82) is 0 Å². The summed E-state index contributed by atoms with van der Waals surface area (Å²) in [5, 5.41) is 14.7. The smallest absolute Gasteiger partial charge is 0.164 e. The van der Waals surface area contributed by atoms with E-state index < -0.39 is 0 Å². The third-order valence-electron chi connectivity index (χ3n) is 12.5. The summed E-state index contributed by atoms with van der Waals surface area (Å²) in [6.45, 7) is 0. The highest BCUT2D eigenvalue weighted by atomic mass is 15.0. The molecule has 0 atom stereocenters. The molecule has 11 aromatic carbocycles. The molecule has 0 radical (unpaired) electrons. The maximum Gasteiger partial charge on any atom is 0.164 e. The molecule has 13 aromatic rings. The van der Waals surface area contributed by atoms with Crippen molar-refractivity contribution in [3.63, 3.8) is 0 Å². The van der Waals surface area contributed by atoms with Gasteiger partial charge in [-0.1, -0.05) is 164 Å². The van der Waals surface area contributed by atoms with Gasteiger partial charge in [0.15, 0.2) is 17.5 Å². The second-order valence-electron chi connectivity index (χ2n) is 16.0. The lowest BCUT2D eigenvalue weighted by molar-refractivity contribution is 1.07. The van der Waals surface area contributed by atoms with Crippen molar-refractivity contribution in [3.05, 3.63) is 206 Å². The fourth-order valence-corrected chi connectivity index (χ4v) is 9.66. The Hall–Kier alpha value is -8.21. The Labute approximate surface area is 351 Å². The van der Waals surface area contributed by atoms with Crippen molar-refractivity contribution < 1.29 is 0 Å². The topological polar surface area (TPSA) is 43.6 Å². The molecule has 0 aliphatic heterocycles. The first-order valence-electron chi connectivity index (χ1n) is 20.8. The molecule has 0 saturated heterocycles. The lowest BCUT2D eigenvalue weighted by Gasteiger charge is -2.13. The number of hydrogen-bond donors (Lipinski definition) is 0. The Bertz CT molecular complexity index is 3790. The normalized spacial score (nSPS) is 11.9. The van der Waals surface area contributed by atoms with Crippen molar-refractivity contribution in [2.75, 3.05) is 0 Å². The van der Waals surface area contributed by atoms with E-state index in [0.717, 1.165) is 33.2 Å². The third kappa shape index (κ3) is 5.29. The summed E-state index contributed by atoms with van der Waals surface area (Å²) in [6, 6.07) is 74.0. The molecule has 0 saturated carbocycles. The zero-order chi connectivity index (χ0) is 40.0. The first kappa shape index (κ1) is 33.7. The van der Waals surface area contributed by atoms with Gasteiger partial charge in [0.2, 0.25) is 0 Å². The van der Waals surface area contributed by atoms with Crippen LogP contribution in [0.5, 0.6) is 0 Å². The molecule has 13 rings (SSSR count). The average molecular weight is 775 g/mol. The summed E-state index contributed by atoms with van der Waals surface area (Å²) in [7, 11) is 0. The zero-order valence-electron chi connectivity index (χ0n) is 32.9. The van der Waals surface area contributed by atoms with E-state index in [-0.39, 0.29) is 0 Å². The van der Waals surface area contributed by atoms with E-state index in [9.17, 15) is 0 Å². The van der Waals surface area contributed by atoms with Crippen molar-refractivity contribution in [3.8, 4) is 51.0 Å². The molecular weight excluding hydrogens is 741 g/mol. The molecule has 0 fully saturated rings. The molecule has 0 aliphatic carbocycles. The highest BCUT2D eigenvalue weighted by molar-refractivity contribution is 6.39. The van der Waals surface area contributed by atoms with Gasteiger partial charge in [-0.3, -0.25) is 0 Å². The molecule has 61 heavy (non-hydrogen) atoms. The lowest BCUT2D eigenvalue weighted by Crippen LogP contribution is -2.01. The lowest BCUT2D eigenvalue weighted by atomic mass is 9.90. The van der Waals surface area contributed by atoms with Crippen LogP contribution >= 0.6 is 0 Å². The second-order valence-corrected chi connectivity index (χ2v) is 16.0. The van der Waals surface area contributed by atoms with E-state index in [1.165, 1.54) is 76.0 Å². The Morgan fingerprint density at radius 2 is 0.787 bits per heavy atom. The van der Waals surface area contributed by atoms with E-state index in [4.69, 9.17) is 15.0 Å². The van der Waals surface area contributed by atoms with Crippen molar-refractivity contribution >= 4 is 75.7 Å². The average Bonchev–Trinajstić information content (AvgIpc) is 3.67. The number of nitrogens with zero attached hydrogens (tertiary/aromatic N) is 4. The molecule has 0 amide bonds. The molecular formula is C57H34N4. The van der Waals surface area contributed by atoms with E-state index in [2.05, 4.69) is 211 Å². The highest BCUT2D eigenvalue weighted by Crippen LogP contribution is 2.47. The summed E-state index contributed by atoms with van der Waals surface area (Å²) >= 11 is 0. The molecule has 2 heterocycles. The summed E-state index contributed by atoms with van der Waals surface area (Å²) in [4.78, 5) is 15.6. The minimum Gasteiger partial charge on any atom is -0.309 e. The zero-order valence-corrected chi connectivity index (χ0v) is 32.9. The maximum atomic E-state index is 5.22. The van der Waals surface area contributed by atoms with Gasteiger partial charge in [-0.25, -0.2) is 15.0 Å². The Kier molecular flexibility index (Phi) is 7.27. The Morgan fingerprint density at radius 1 is 0.262 bits per heavy atom. The van der Waals surface area contributed by atoms with Crippen LogP contribution in [0.2, 0.25) is 0 Å². The maximum absolute atomic E-state index is 5.22. The summed E-state index contributed by atoms with van der Waals surface area (Å²) < 4.78 is 2.44. The van der Waals surface area contributed by atoms with Crippen LogP contribution in [-0.2, 0) is 0 Å². The Balaban J connectivity index is 1.05. The molecule has 2 aromatic heterocycles. The van der Waals surface area contributed by atoms with Gasteiger partial charge in [0.1, 0.15) is 0 Å². The number of hydrogen-bond acceptors (Lipinski definition) is 3. The van der Waals surface area contributed by atoms with Gasteiger partial charge in [0, 0.05) is 38.5 Å². The molecule has 282 valence electrons. The van der Waals surface area contributed by atoms with Gasteiger partial charge in [-0.05, 0) is 102 Å². The van der Waals surface area contributed by atoms with Gasteiger partial charge in [-0.15, -0.1) is 0 Å². The molecule has 0 N–H and O–H groups in total. The molecule has 0 spiro atoms. The van der Waals surface area contributed by atoms with Crippen LogP contribution in [0, 0.1) is 0 Å². The van der Waals surface area contributed by atoms with Gasteiger partial charge in [0.25, 0.3) is 0 Å². The van der Waals surface area contributed by atoms with Crippen LogP contribution < -0.4 is 0 Å². The molecule has 4 heteroatoms. The van der Waals surface area contributed by atoms with Crippen LogP contribution in [0.1, 0.15) is 0 Å². The Morgan fingerprint density at radius 3 is 1.49 bits per heavy atom. The van der Waals surface area contributed by atoms with Crippen molar-refractivity contribution in [2.45, 2.75) is 0 Å². The van der Waals surface area contributed by atoms with Gasteiger partial charge < -0.3 is 4.57 Å². The van der Waals surface area contributed by atoms with Crippen LogP contribution in [0.3, 0.4) is 0 Å². The monoisotopic (exact) mass is 774 g/mol. The van der Waals surface area contributed by atoms with Crippen molar-refractivity contribution in [2.24, 2.45) is 0 Å². The number of fused-ring (bicyclic) bond motifs is 7. The van der Waals surface area contributed by atoms with Gasteiger partial charge in [-0.2, -0.15) is 0 Å². The quantitative estimate of drug-likeness (QED) is 0.164. The third-order valence-corrected chi connectivity index (χ3v) is 12.5. The summed E-state index contributed by atoms with van der Waals surface area (Å²) in [5.74, 6) is 1.90. The standard InChI is InChI=1S/C57H34N4/c1-2-12-35(13-3-1)40-26-27-41-34-51-54-52(49(41)33-40)47-21-9-8-20-46(47)48-22-11-23-50(53(48)54)61(51)45-19-10-18-42(32-45)55-58-56(43-28-24-36-14-4-6-16-38(36)30-43)60-57(59-55)44-29-25-37-15-5-7-17-39(37)31-44/h1-34H. The predicted molar refractivity (Wildman–Crippen MR) is 255 cm³/mol. The largest absolute Gasteiger partial charge is 0.309 e. The van der Waals surface area contributed by atoms with Crippen LogP contribution in [-0.4, -0.2) is 19.5 Å². The molecule has 0 unspecified atom stereocenters. The van der Waals surface area contributed by atoms with E-state index in [1.54, 1.807) is 0 Å². The van der Waals surface area contributed by atoms with Crippen molar-refractivity contribution in [1.82, 2.24) is 19.5 Å². The number of benzene rings is 11. The fraction of sp³-hybridized carbons (Fsp3) is 0. The van der Waals surface area contributed by atoms with Gasteiger partial charge >= 0.3 is 0 Å². The minimum absolute atomic E-state index is 0.626. The summed E-state index contributed by atoms with van der Waals surface area (Å²) in [5.41, 5.74) is 8.63. The number of aromatic nitrogens is 4. The van der Waals surface area contributed by atoms with Crippen LogP contribution in [0.4, 0.5) is 0 Å². The number of rotatable bonds is 5. The fourth-order valence-electron chi connectivity index (χ4n) is 9.66. The second kappa shape index (κ2) is 13.2. The minimum atomic E-state index is 0.626.